The highest BCUT2D eigenvalue weighted by Gasteiger charge is 2.35. The van der Waals surface area contributed by atoms with Gasteiger partial charge in [-0.1, -0.05) is 32.0 Å². The standard InChI is InChI=1S/C16H23NO2S/c1-16(2)9-7-12(11-16)17-14-8-10-20(18,19)15-6-4-3-5-13(14)15/h3-6,12,14,17H,7-11H2,1-2H3. The number of hydrogen-bond donors (Lipinski definition) is 1. The number of hydrogen-bond acceptors (Lipinski definition) is 3. The Morgan fingerprint density at radius 3 is 2.65 bits per heavy atom. The van der Waals surface area contributed by atoms with Gasteiger partial charge in [-0.3, -0.25) is 0 Å². The van der Waals surface area contributed by atoms with E-state index in [4.69, 9.17) is 0 Å². The molecule has 1 aromatic rings. The summed E-state index contributed by atoms with van der Waals surface area (Å²) < 4.78 is 24.3. The largest absolute Gasteiger partial charge is 0.307 e. The molecule has 0 spiro atoms. The molecule has 2 unspecified atom stereocenters. The molecule has 1 aliphatic carbocycles. The Hall–Kier alpha value is -0.870. The first-order valence-corrected chi connectivity index (χ1v) is 9.10. The molecule has 2 atom stereocenters. The Labute approximate surface area is 121 Å². The number of fused-ring (bicyclic) bond motifs is 1. The van der Waals surface area contributed by atoms with Gasteiger partial charge in [-0.2, -0.15) is 0 Å². The molecule has 110 valence electrons. The lowest BCUT2D eigenvalue weighted by molar-refractivity contribution is 0.348. The molecule has 3 rings (SSSR count). The molecule has 20 heavy (non-hydrogen) atoms. The van der Waals surface area contributed by atoms with Crippen LogP contribution in [0.2, 0.25) is 0 Å². The van der Waals surface area contributed by atoms with Gasteiger partial charge in [0, 0.05) is 12.1 Å². The predicted octanol–water partition coefficient (Wildman–Crippen LogP) is 3.07. The third-order valence-corrected chi connectivity index (χ3v) is 6.53. The van der Waals surface area contributed by atoms with Gasteiger partial charge in [0.25, 0.3) is 0 Å². The minimum atomic E-state index is -3.07. The van der Waals surface area contributed by atoms with E-state index in [0.29, 0.717) is 22.8 Å². The van der Waals surface area contributed by atoms with Crippen molar-refractivity contribution in [3.63, 3.8) is 0 Å². The van der Waals surface area contributed by atoms with E-state index in [1.54, 1.807) is 6.07 Å². The minimum absolute atomic E-state index is 0.189. The number of sulfone groups is 1. The zero-order valence-electron chi connectivity index (χ0n) is 12.2. The first-order chi connectivity index (χ1) is 9.37. The quantitative estimate of drug-likeness (QED) is 0.911. The van der Waals surface area contributed by atoms with Gasteiger partial charge in [-0.25, -0.2) is 8.42 Å². The normalized spacial score (nSPS) is 30.9. The first kappa shape index (κ1) is 14.1. The van der Waals surface area contributed by atoms with Gasteiger partial charge in [0.05, 0.1) is 10.6 Å². The first-order valence-electron chi connectivity index (χ1n) is 7.45. The van der Waals surface area contributed by atoms with E-state index in [1.807, 2.05) is 18.2 Å². The molecule has 0 amide bonds. The maximum atomic E-state index is 12.1. The Kier molecular flexibility index (Phi) is 3.41. The molecule has 3 nitrogen and oxygen atoms in total. The average molecular weight is 293 g/mol. The van der Waals surface area contributed by atoms with E-state index < -0.39 is 9.84 Å². The molecule has 2 aliphatic rings. The van der Waals surface area contributed by atoms with Gasteiger partial charge in [-0.05, 0) is 42.7 Å². The van der Waals surface area contributed by atoms with Crippen molar-refractivity contribution in [3.05, 3.63) is 29.8 Å². The molecule has 1 heterocycles. The van der Waals surface area contributed by atoms with Crippen LogP contribution in [0.5, 0.6) is 0 Å². The van der Waals surface area contributed by atoms with Crippen molar-refractivity contribution < 1.29 is 8.42 Å². The van der Waals surface area contributed by atoms with E-state index in [2.05, 4.69) is 19.2 Å². The molecular formula is C16H23NO2S. The maximum absolute atomic E-state index is 12.1. The van der Waals surface area contributed by atoms with Crippen LogP contribution >= 0.6 is 0 Å². The molecule has 1 aromatic carbocycles. The fourth-order valence-electron chi connectivity index (χ4n) is 3.63. The highest BCUT2D eigenvalue weighted by atomic mass is 32.2. The summed E-state index contributed by atoms with van der Waals surface area (Å²) in [6.45, 7) is 4.63. The van der Waals surface area contributed by atoms with E-state index in [0.717, 1.165) is 5.56 Å². The van der Waals surface area contributed by atoms with E-state index >= 15 is 0 Å². The van der Waals surface area contributed by atoms with Crippen molar-refractivity contribution in [2.45, 2.75) is 56.5 Å². The summed E-state index contributed by atoms with van der Waals surface area (Å²) in [7, 11) is -3.07. The third-order valence-electron chi connectivity index (χ3n) is 4.71. The monoisotopic (exact) mass is 293 g/mol. The van der Waals surface area contributed by atoms with Crippen LogP contribution in [-0.2, 0) is 9.84 Å². The molecular weight excluding hydrogens is 270 g/mol. The summed E-state index contributed by atoms with van der Waals surface area (Å²) in [6.07, 6.45) is 4.31. The molecule has 1 saturated carbocycles. The van der Waals surface area contributed by atoms with Crippen LogP contribution in [0.3, 0.4) is 0 Å². The lowest BCUT2D eigenvalue weighted by atomic mass is 9.91. The van der Waals surface area contributed by atoms with Crippen LogP contribution in [0.25, 0.3) is 0 Å². The van der Waals surface area contributed by atoms with E-state index in [1.165, 1.54) is 19.3 Å². The maximum Gasteiger partial charge on any atom is 0.178 e. The zero-order valence-corrected chi connectivity index (χ0v) is 13.0. The molecule has 4 heteroatoms. The molecule has 0 radical (unpaired) electrons. The SMILES string of the molecule is CC1(C)CCC(NC2CCS(=O)(=O)c3ccccc32)C1. The molecule has 0 aromatic heterocycles. The van der Waals surface area contributed by atoms with Crippen LogP contribution < -0.4 is 5.32 Å². The molecule has 0 saturated heterocycles. The minimum Gasteiger partial charge on any atom is -0.307 e. The highest BCUT2D eigenvalue weighted by Crippen LogP contribution is 2.39. The van der Waals surface area contributed by atoms with Gasteiger partial charge in [0.15, 0.2) is 9.84 Å². The summed E-state index contributed by atoms with van der Waals surface area (Å²) in [5, 5.41) is 3.70. The fourth-order valence-corrected chi connectivity index (χ4v) is 5.25. The van der Waals surface area contributed by atoms with Crippen molar-refractivity contribution in [1.82, 2.24) is 5.32 Å². The molecule has 1 N–H and O–H groups in total. The van der Waals surface area contributed by atoms with Crippen molar-refractivity contribution >= 4 is 9.84 Å². The second-order valence-corrected chi connectivity index (χ2v) is 9.05. The number of rotatable bonds is 2. The lowest BCUT2D eigenvalue weighted by Gasteiger charge is -2.29. The fraction of sp³-hybridized carbons (Fsp3) is 0.625. The lowest BCUT2D eigenvalue weighted by Crippen LogP contribution is -2.35. The average Bonchev–Trinajstić information content (AvgIpc) is 2.73. The van der Waals surface area contributed by atoms with Gasteiger partial charge in [-0.15, -0.1) is 0 Å². The van der Waals surface area contributed by atoms with Crippen molar-refractivity contribution in [2.24, 2.45) is 5.41 Å². The second kappa shape index (κ2) is 4.85. The van der Waals surface area contributed by atoms with Gasteiger partial charge in [0.2, 0.25) is 0 Å². The molecule has 1 fully saturated rings. The molecule has 1 aliphatic heterocycles. The van der Waals surface area contributed by atoms with Crippen molar-refractivity contribution in [2.75, 3.05) is 5.75 Å². The van der Waals surface area contributed by atoms with Crippen molar-refractivity contribution in [1.29, 1.82) is 0 Å². The van der Waals surface area contributed by atoms with E-state index in [9.17, 15) is 8.42 Å². The molecule has 0 bridgehead atoms. The summed E-state index contributed by atoms with van der Waals surface area (Å²) >= 11 is 0. The zero-order chi connectivity index (χ0) is 14.4. The van der Waals surface area contributed by atoms with Crippen LogP contribution in [0.4, 0.5) is 0 Å². The summed E-state index contributed by atoms with van der Waals surface area (Å²) in [5.41, 5.74) is 1.38. The Bertz CT molecular complexity index is 607. The van der Waals surface area contributed by atoms with Crippen LogP contribution in [-0.4, -0.2) is 20.2 Å². The number of nitrogens with one attached hydrogen (secondary N) is 1. The number of benzene rings is 1. The summed E-state index contributed by atoms with van der Waals surface area (Å²) in [6, 6.07) is 8.17. The van der Waals surface area contributed by atoms with Gasteiger partial charge in [0.1, 0.15) is 0 Å². The Morgan fingerprint density at radius 2 is 1.95 bits per heavy atom. The highest BCUT2D eigenvalue weighted by molar-refractivity contribution is 7.91. The van der Waals surface area contributed by atoms with Crippen LogP contribution in [0, 0.1) is 5.41 Å². The summed E-state index contributed by atoms with van der Waals surface area (Å²) in [4.78, 5) is 0.529. The third kappa shape index (κ3) is 2.63. The Morgan fingerprint density at radius 1 is 1.20 bits per heavy atom. The smallest absolute Gasteiger partial charge is 0.178 e. The van der Waals surface area contributed by atoms with Crippen LogP contribution in [0.1, 0.15) is 51.1 Å². The Balaban J connectivity index is 1.83. The van der Waals surface area contributed by atoms with Crippen molar-refractivity contribution in [3.8, 4) is 0 Å². The van der Waals surface area contributed by atoms with Crippen LogP contribution in [0.15, 0.2) is 29.2 Å². The predicted molar refractivity (Wildman–Crippen MR) is 80.4 cm³/mol. The second-order valence-electron chi connectivity index (χ2n) is 6.97. The topological polar surface area (TPSA) is 46.2 Å². The summed E-state index contributed by atoms with van der Waals surface area (Å²) in [5.74, 6) is 0.262. The van der Waals surface area contributed by atoms with Gasteiger partial charge >= 0.3 is 0 Å². The van der Waals surface area contributed by atoms with Gasteiger partial charge < -0.3 is 5.32 Å². The van der Waals surface area contributed by atoms with E-state index in [-0.39, 0.29) is 11.8 Å².